The van der Waals surface area contributed by atoms with Crippen molar-refractivity contribution in [1.82, 2.24) is 9.21 Å². The highest BCUT2D eigenvalue weighted by Crippen LogP contribution is 2.24. The molecule has 0 spiro atoms. The molecule has 10 heteroatoms. The first-order chi connectivity index (χ1) is 15.6. The lowest BCUT2D eigenvalue weighted by Crippen LogP contribution is -2.35. The van der Waals surface area contributed by atoms with Crippen molar-refractivity contribution in [2.24, 2.45) is 0 Å². The summed E-state index contributed by atoms with van der Waals surface area (Å²) >= 11 is 0. The Labute approximate surface area is 193 Å². The van der Waals surface area contributed by atoms with Gasteiger partial charge in [-0.2, -0.15) is 4.31 Å². The second kappa shape index (κ2) is 10.1. The topological polar surface area (TPSA) is 116 Å². The van der Waals surface area contributed by atoms with Crippen LogP contribution in [0.15, 0.2) is 47.4 Å². The first kappa shape index (κ1) is 24.4. The van der Waals surface area contributed by atoms with Crippen molar-refractivity contribution >= 4 is 39.1 Å². The van der Waals surface area contributed by atoms with Gasteiger partial charge in [0.25, 0.3) is 5.91 Å². The van der Waals surface area contributed by atoms with Gasteiger partial charge in [-0.25, -0.2) is 8.42 Å². The van der Waals surface area contributed by atoms with Crippen LogP contribution in [0.2, 0.25) is 0 Å². The van der Waals surface area contributed by atoms with Gasteiger partial charge in [0.1, 0.15) is 0 Å². The maximum atomic E-state index is 12.9. The highest BCUT2D eigenvalue weighted by molar-refractivity contribution is 7.89. The standard InChI is InChI=1S/C23H28N4O5S/c1-16-7-6-8-20(23(30)27-13-4-5-14-27)22(16)25-21(29)15-26(3)33(31,32)19-11-9-18(10-12-19)24-17(2)28/h6-12H,4-5,13-15H2,1-3H3,(H,24,28)(H,25,29). The third-order valence-electron chi connectivity index (χ3n) is 5.41. The molecule has 0 atom stereocenters. The van der Waals surface area contributed by atoms with Crippen LogP contribution >= 0.6 is 0 Å². The van der Waals surface area contributed by atoms with Crippen LogP contribution in [-0.2, 0) is 19.6 Å². The van der Waals surface area contributed by atoms with Crippen molar-refractivity contribution in [3.8, 4) is 0 Å². The molecule has 3 rings (SSSR count). The number of anilines is 2. The minimum Gasteiger partial charge on any atom is -0.339 e. The molecule has 2 N–H and O–H groups in total. The van der Waals surface area contributed by atoms with E-state index in [9.17, 15) is 22.8 Å². The van der Waals surface area contributed by atoms with E-state index in [-0.39, 0.29) is 16.7 Å². The average molecular weight is 473 g/mol. The Kier molecular flexibility index (Phi) is 7.50. The number of sulfonamides is 1. The van der Waals surface area contributed by atoms with Crippen LogP contribution in [-0.4, -0.2) is 62.0 Å². The molecule has 0 aliphatic carbocycles. The average Bonchev–Trinajstić information content (AvgIpc) is 3.29. The SMILES string of the molecule is CC(=O)Nc1ccc(S(=O)(=O)N(C)CC(=O)Nc2c(C)cccc2C(=O)N2CCCC2)cc1. The zero-order valence-corrected chi connectivity index (χ0v) is 19.7. The van der Waals surface area contributed by atoms with Gasteiger partial charge in [-0.05, 0) is 55.7 Å². The number of para-hydroxylation sites is 1. The maximum Gasteiger partial charge on any atom is 0.255 e. The predicted octanol–water partition coefficient (Wildman–Crippen LogP) is 2.45. The molecular weight excluding hydrogens is 444 g/mol. The molecule has 0 aromatic heterocycles. The molecule has 0 bridgehead atoms. The van der Waals surface area contributed by atoms with Crippen molar-refractivity contribution in [3.63, 3.8) is 0 Å². The zero-order valence-electron chi connectivity index (χ0n) is 18.9. The lowest BCUT2D eigenvalue weighted by molar-refractivity contribution is -0.116. The van der Waals surface area contributed by atoms with E-state index >= 15 is 0 Å². The molecule has 3 amide bonds. The minimum atomic E-state index is -3.94. The number of carbonyl (C=O) groups is 3. The Morgan fingerprint density at radius 1 is 1.00 bits per heavy atom. The fourth-order valence-corrected chi connectivity index (χ4v) is 4.79. The fourth-order valence-electron chi connectivity index (χ4n) is 3.66. The van der Waals surface area contributed by atoms with Gasteiger partial charge >= 0.3 is 0 Å². The summed E-state index contributed by atoms with van der Waals surface area (Å²) in [6, 6.07) is 10.9. The minimum absolute atomic E-state index is 0.00676. The molecule has 2 aromatic rings. The van der Waals surface area contributed by atoms with Crippen molar-refractivity contribution in [2.75, 3.05) is 37.3 Å². The number of nitrogens with zero attached hydrogens (tertiary/aromatic N) is 2. The molecule has 1 saturated heterocycles. The van der Waals surface area contributed by atoms with Gasteiger partial charge in [-0.15, -0.1) is 0 Å². The normalized spacial score (nSPS) is 13.8. The van der Waals surface area contributed by atoms with Gasteiger partial charge in [0, 0.05) is 32.7 Å². The van der Waals surface area contributed by atoms with E-state index in [1.54, 1.807) is 30.0 Å². The van der Waals surface area contributed by atoms with Gasteiger partial charge in [0.2, 0.25) is 21.8 Å². The molecule has 1 aliphatic heterocycles. The molecule has 2 aromatic carbocycles. The lowest BCUT2D eigenvalue weighted by atomic mass is 10.1. The molecule has 1 heterocycles. The Bertz CT molecular complexity index is 1160. The quantitative estimate of drug-likeness (QED) is 0.642. The van der Waals surface area contributed by atoms with Crippen LogP contribution in [0.4, 0.5) is 11.4 Å². The second-order valence-corrected chi connectivity index (χ2v) is 10.1. The van der Waals surface area contributed by atoms with Gasteiger partial charge in [-0.1, -0.05) is 12.1 Å². The van der Waals surface area contributed by atoms with Gasteiger partial charge < -0.3 is 15.5 Å². The van der Waals surface area contributed by atoms with Crippen LogP contribution in [0.3, 0.4) is 0 Å². The van der Waals surface area contributed by atoms with Crippen molar-refractivity contribution in [1.29, 1.82) is 0 Å². The Balaban J connectivity index is 1.73. The van der Waals surface area contributed by atoms with Crippen molar-refractivity contribution in [3.05, 3.63) is 53.6 Å². The Hall–Kier alpha value is -3.24. The van der Waals surface area contributed by atoms with Crippen LogP contribution < -0.4 is 10.6 Å². The van der Waals surface area contributed by atoms with Crippen molar-refractivity contribution < 1.29 is 22.8 Å². The molecule has 176 valence electrons. The van der Waals surface area contributed by atoms with Crippen molar-refractivity contribution in [2.45, 2.75) is 31.6 Å². The highest BCUT2D eigenvalue weighted by Gasteiger charge is 2.26. The summed E-state index contributed by atoms with van der Waals surface area (Å²) in [4.78, 5) is 38.5. The number of hydrogen-bond acceptors (Lipinski definition) is 5. The summed E-state index contributed by atoms with van der Waals surface area (Å²) in [5, 5.41) is 5.30. The van der Waals surface area contributed by atoms with E-state index in [4.69, 9.17) is 0 Å². The summed E-state index contributed by atoms with van der Waals surface area (Å²) in [5.74, 6) is -0.967. The zero-order chi connectivity index (χ0) is 24.2. The fraction of sp³-hybridized carbons (Fsp3) is 0.348. The molecule has 0 saturated carbocycles. The molecular formula is C23H28N4O5S. The van der Waals surface area contributed by atoms with E-state index in [1.807, 2.05) is 0 Å². The molecule has 1 aliphatic rings. The second-order valence-electron chi connectivity index (χ2n) is 8.01. The molecule has 9 nitrogen and oxygen atoms in total. The number of likely N-dealkylation sites (N-methyl/N-ethyl adjacent to an activating group) is 1. The number of amides is 3. The number of hydrogen-bond donors (Lipinski definition) is 2. The van der Waals surface area contributed by atoms with E-state index in [1.165, 1.54) is 38.2 Å². The molecule has 0 radical (unpaired) electrons. The van der Waals surface area contributed by atoms with Crippen LogP contribution in [0.5, 0.6) is 0 Å². The van der Waals surface area contributed by atoms with E-state index in [0.29, 0.717) is 35.6 Å². The van der Waals surface area contributed by atoms with Crippen LogP contribution in [0.25, 0.3) is 0 Å². The van der Waals surface area contributed by atoms with E-state index in [2.05, 4.69) is 10.6 Å². The lowest BCUT2D eigenvalue weighted by Gasteiger charge is -2.21. The van der Waals surface area contributed by atoms with Gasteiger partial charge in [0.05, 0.1) is 22.7 Å². The smallest absolute Gasteiger partial charge is 0.255 e. The first-order valence-corrected chi connectivity index (χ1v) is 12.1. The van der Waals surface area contributed by atoms with E-state index in [0.717, 1.165) is 17.1 Å². The van der Waals surface area contributed by atoms with Gasteiger partial charge in [-0.3, -0.25) is 14.4 Å². The van der Waals surface area contributed by atoms with Gasteiger partial charge in [0.15, 0.2) is 0 Å². The summed E-state index contributed by atoms with van der Waals surface area (Å²) < 4.78 is 26.7. The summed E-state index contributed by atoms with van der Waals surface area (Å²) in [5.41, 5.74) is 1.97. The summed E-state index contributed by atoms with van der Waals surface area (Å²) in [6.45, 7) is 4.08. The third kappa shape index (κ3) is 5.77. The summed E-state index contributed by atoms with van der Waals surface area (Å²) in [6.07, 6.45) is 1.90. The number of carbonyl (C=O) groups excluding carboxylic acids is 3. The number of likely N-dealkylation sites (tertiary alicyclic amines) is 1. The molecule has 0 unspecified atom stereocenters. The Morgan fingerprint density at radius 2 is 1.64 bits per heavy atom. The maximum absolute atomic E-state index is 12.9. The highest BCUT2D eigenvalue weighted by atomic mass is 32.2. The monoisotopic (exact) mass is 472 g/mol. The van der Waals surface area contributed by atoms with E-state index < -0.39 is 22.5 Å². The molecule has 33 heavy (non-hydrogen) atoms. The third-order valence-corrected chi connectivity index (χ3v) is 7.23. The largest absolute Gasteiger partial charge is 0.339 e. The summed E-state index contributed by atoms with van der Waals surface area (Å²) in [7, 11) is -2.63. The predicted molar refractivity (Wildman–Crippen MR) is 126 cm³/mol. The van der Waals surface area contributed by atoms with Crippen LogP contribution in [0.1, 0.15) is 35.7 Å². The molecule has 1 fully saturated rings. The Morgan fingerprint density at radius 3 is 2.24 bits per heavy atom. The number of aryl methyl sites for hydroxylation is 1. The number of rotatable bonds is 7. The van der Waals surface area contributed by atoms with Crippen LogP contribution in [0, 0.1) is 6.92 Å². The number of benzene rings is 2. The first-order valence-electron chi connectivity index (χ1n) is 10.6. The number of nitrogens with one attached hydrogen (secondary N) is 2.